The fourth-order valence-corrected chi connectivity index (χ4v) is 2.06. The predicted molar refractivity (Wildman–Crippen MR) is 79.2 cm³/mol. The van der Waals surface area contributed by atoms with E-state index in [2.05, 4.69) is 26.2 Å². The molecule has 100 valence electrons. The summed E-state index contributed by atoms with van der Waals surface area (Å²) in [6.45, 7) is 0. The van der Waals surface area contributed by atoms with Crippen molar-refractivity contribution in [2.24, 2.45) is 0 Å². The molecule has 0 fully saturated rings. The molecule has 0 amide bonds. The van der Waals surface area contributed by atoms with Crippen LogP contribution in [-0.4, -0.2) is 19.2 Å². The molecule has 0 unspecified atom stereocenters. The van der Waals surface area contributed by atoms with Crippen LogP contribution in [-0.2, 0) is 0 Å². The van der Waals surface area contributed by atoms with Gasteiger partial charge in [0.2, 0.25) is 0 Å². The van der Waals surface area contributed by atoms with Crippen LogP contribution in [0.4, 0.5) is 17.1 Å². The molecule has 1 heterocycles. The Hall–Kier alpha value is -1.95. The average Bonchev–Trinajstić information content (AvgIpc) is 2.43. The third kappa shape index (κ3) is 2.90. The van der Waals surface area contributed by atoms with Gasteiger partial charge in [-0.3, -0.25) is 4.98 Å². The van der Waals surface area contributed by atoms with Gasteiger partial charge in [0.05, 0.1) is 42.0 Å². The normalized spacial score (nSPS) is 10.1. The van der Waals surface area contributed by atoms with Crippen LogP contribution in [0.25, 0.3) is 0 Å². The smallest absolute Gasteiger partial charge is 0.145 e. The number of pyridine rings is 1. The molecule has 0 atom stereocenters. The van der Waals surface area contributed by atoms with Gasteiger partial charge in [-0.15, -0.1) is 0 Å². The summed E-state index contributed by atoms with van der Waals surface area (Å²) in [5, 5.41) is 3.22. The molecule has 0 radical (unpaired) electrons. The first kappa shape index (κ1) is 13.5. The second-order valence-corrected chi connectivity index (χ2v) is 4.63. The van der Waals surface area contributed by atoms with E-state index < -0.39 is 0 Å². The van der Waals surface area contributed by atoms with Crippen molar-refractivity contribution >= 4 is 33.0 Å². The number of rotatable bonds is 4. The third-order valence-electron chi connectivity index (χ3n) is 2.60. The van der Waals surface area contributed by atoms with Gasteiger partial charge in [0, 0.05) is 12.3 Å². The monoisotopic (exact) mass is 323 g/mol. The molecule has 6 heteroatoms. The highest BCUT2D eigenvalue weighted by Crippen LogP contribution is 2.35. The zero-order valence-corrected chi connectivity index (χ0v) is 12.2. The molecule has 2 aromatic rings. The average molecular weight is 324 g/mol. The van der Waals surface area contributed by atoms with Crippen molar-refractivity contribution in [3.63, 3.8) is 0 Å². The van der Waals surface area contributed by atoms with Crippen molar-refractivity contribution < 1.29 is 9.47 Å². The summed E-state index contributed by atoms with van der Waals surface area (Å²) in [6.07, 6.45) is 3.26. The van der Waals surface area contributed by atoms with Gasteiger partial charge in [-0.05, 0) is 28.1 Å². The van der Waals surface area contributed by atoms with Crippen LogP contribution in [0.5, 0.6) is 11.5 Å². The number of aromatic nitrogens is 1. The van der Waals surface area contributed by atoms with E-state index >= 15 is 0 Å². The Balaban J connectivity index is 2.38. The molecule has 19 heavy (non-hydrogen) atoms. The maximum Gasteiger partial charge on any atom is 0.145 e. The first-order valence-electron chi connectivity index (χ1n) is 5.53. The maximum atomic E-state index is 5.90. The van der Waals surface area contributed by atoms with Gasteiger partial charge in [-0.2, -0.15) is 0 Å². The van der Waals surface area contributed by atoms with Crippen LogP contribution in [0.2, 0.25) is 0 Å². The lowest BCUT2D eigenvalue weighted by Gasteiger charge is -2.14. The highest BCUT2D eigenvalue weighted by molar-refractivity contribution is 9.10. The molecular formula is C13H14BrN3O2. The van der Waals surface area contributed by atoms with Crippen molar-refractivity contribution in [2.45, 2.75) is 0 Å². The van der Waals surface area contributed by atoms with Gasteiger partial charge < -0.3 is 20.5 Å². The molecule has 0 aliphatic heterocycles. The van der Waals surface area contributed by atoms with Crippen molar-refractivity contribution in [2.75, 3.05) is 25.3 Å². The zero-order chi connectivity index (χ0) is 13.8. The van der Waals surface area contributed by atoms with Crippen LogP contribution in [0.3, 0.4) is 0 Å². The summed E-state index contributed by atoms with van der Waals surface area (Å²) < 4.78 is 11.3. The van der Waals surface area contributed by atoms with Crippen LogP contribution in [0.1, 0.15) is 0 Å². The first-order valence-corrected chi connectivity index (χ1v) is 6.33. The van der Waals surface area contributed by atoms with Crippen molar-refractivity contribution in [1.82, 2.24) is 4.98 Å². The van der Waals surface area contributed by atoms with Gasteiger partial charge in [-0.25, -0.2) is 0 Å². The number of hydrogen-bond donors (Lipinski definition) is 2. The zero-order valence-electron chi connectivity index (χ0n) is 10.6. The number of ether oxygens (including phenoxy) is 2. The number of nitrogens with two attached hydrogens (primary N) is 1. The molecule has 3 N–H and O–H groups in total. The fourth-order valence-electron chi connectivity index (χ4n) is 1.62. The Morgan fingerprint density at radius 2 is 2.00 bits per heavy atom. The van der Waals surface area contributed by atoms with E-state index in [1.807, 2.05) is 12.1 Å². The largest absolute Gasteiger partial charge is 0.497 e. The summed E-state index contributed by atoms with van der Waals surface area (Å²) in [5.41, 5.74) is 7.99. The Kier molecular flexibility index (Phi) is 4.11. The van der Waals surface area contributed by atoms with E-state index in [1.165, 1.54) is 0 Å². The highest BCUT2D eigenvalue weighted by Gasteiger charge is 2.09. The maximum absolute atomic E-state index is 5.90. The third-order valence-corrected chi connectivity index (χ3v) is 3.20. The van der Waals surface area contributed by atoms with Crippen molar-refractivity contribution in [3.8, 4) is 11.5 Å². The summed E-state index contributed by atoms with van der Waals surface area (Å²) >= 11 is 3.41. The topological polar surface area (TPSA) is 69.4 Å². The van der Waals surface area contributed by atoms with E-state index in [0.717, 1.165) is 21.6 Å². The number of hydrogen-bond acceptors (Lipinski definition) is 5. The van der Waals surface area contributed by atoms with Gasteiger partial charge in [0.15, 0.2) is 0 Å². The van der Waals surface area contributed by atoms with Gasteiger partial charge in [0.1, 0.15) is 11.5 Å². The van der Waals surface area contributed by atoms with Crippen LogP contribution < -0.4 is 20.5 Å². The summed E-state index contributed by atoms with van der Waals surface area (Å²) in [5.74, 6) is 1.40. The Bertz CT molecular complexity index is 570. The number of halogens is 1. The molecular weight excluding hydrogens is 310 g/mol. The lowest BCUT2D eigenvalue weighted by molar-refractivity contribution is 0.395. The quantitative estimate of drug-likeness (QED) is 0.904. The van der Waals surface area contributed by atoms with Crippen molar-refractivity contribution in [1.29, 1.82) is 0 Å². The molecule has 0 saturated heterocycles. The number of nitrogens with zero attached hydrogens (tertiary/aromatic N) is 1. The molecule has 0 aliphatic carbocycles. The van der Waals surface area contributed by atoms with Gasteiger partial charge in [0.25, 0.3) is 0 Å². The number of benzene rings is 1. The molecule has 1 aromatic heterocycles. The molecule has 0 spiro atoms. The molecule has 2 rings (SSSR count). The van der Waals surface area contributed by atoms with E-state index in [1.54, 1.807) is 32.7 Å². The second kappa shape index (κ2) is 5.79. The SMILES string of the molecule is COc1ccc(Nc2c(N)cncc2Br)c(OC)c1. The summed E-state index contributed by atoms with van der Waals surface area (Å²) in [7, 11) is 3.21. The Morgan fingerprint density at radius 1 is 1.21 bits per heavy atom. The standard InChI is InChI=1S/C13H14BrN3O2/c1-18-8-3-4-11(12(5-8)19-2)17-13-9(14)6-16-7-10(13)15/h3-7H,15H2,1-2H3,(H,16,17). The fraction of sp³-hybridized carbons (Fsp3) is 0.154. The lowest BCUT2D eigenvalue weighted by atomic mass is 10.2. The molecule has 0 aliphatic rings. The molecule has 1 aromatic carbocycles. The lowest BCUT2D eigenvalue weighted by Crippen LogP contribution is -2.00. The van der Waals surface area contributed by atoms with Crippen LogP contribution in [0, 0.1) is 0 Å². The number of nitrogen functional groups attached to an aromatic ring is 1. The van der Waals surface area contributed by atoms with Gasteiger partial charge in [-0.1, -0.05) is 0 Å². The second-order valence-electron chi connectivity index (χ2n) is 3.78. The summed E-state index contributed by atoms with van der Waals surface area (Å²) in [6, 6.07) is 5.51. The number of nitrogens with one attached hydrogen (secondary N) is 1. The van der Waals surface area contributed by atoms with E-state index in [9.17, 15) is 0 Å². The number of methoxy groups -OCH3 is 2. The number of anilines is 3. The van der Waals surface area contributed by atoms with Crippen molar-refractivity contribution in [3.05, 3.63) is 35.1 Å². The predicted octanol–water partition coefficient (Wildman–Crippen LogP) is 3.19. The minimum absolute atomic E-state index is 0.548. The molecule has 0 bridgehead atoms. The molecule has 5 nitrogen and oxygen atoms in total. The minimum Gasteiger partial charge on any atom is -0.497 e. The Morgan fingerprint density at radius 3 is 2.63 bits per heavy atom. The van der Waals surface area contributed by atoms with Gasteiger partial charge >= 0.3 is 0 Å². The molecule has 0 saturated carbocycles. The Labute approximate surface area is 119 Å². The van der Waals surface area contributed by atoms with E-state index in [-0.39, 0.29) is 0 Å². The summed E-state index contributed by atoms with van der Waals surface area (Å²) in [4.78, 5) is 3.99. The van der Waals surface area contributed by atoms with E-state index in [4.69, 9.17) is 15.2 Å². The minimum atomic E-state index is 0.548. The van der Waals surface area contributed by atoms with E-state index in [0.29, 0.717) is 11.4 Å². The highest BCUT2D eigenvalue weighted by atomic mass is 79.9. The first-order chi connectivity index (χ1) is 9.15. The van der Waals surface area contributed by atoms with Crippen LogP contribution in [0.15, 0.2) is 35.1 Å². The van der Waals surface area contributed by atoms with Crippen LogP contribution >= 0.6 is 15.9 Å².